The summed E-state index contributed by atoms with van der Waals surface area (Å²) in [6, 6.07) is 4.06. The Morgan fingerprint density at radius 1 is 1.53 bits per heavy atom. The third kappa shape index (κ3) is 1.87. The first-order valence-corrected chi connectivity index (χ1v) is 6.55. The number of hydrogen-bond donors (Lipinski definition) is 0. The third-order valence-corrected chi connectivity index (χ3v) is 3.82. The van der Waals surface area contributed by atoms with E-state index in [-0.39, 0.29) is 0 Å². The van der Waals surface area contributed by atoms with E-state index in [2.05, 4.69) is 4.57 Å². The molecule has 4 nitrogen and oxygen atoms in total. The van der Waals surface area contributed by atoms with Crippen molar-refractivity contribution in [1.29, 1.82) is 0 Å². The lowest BCUT2D eigenvalue weighted by atomic mass is 10.2. The summed E-state index contributed by atoms with van der Waals surface area (Å²) in [5, 5.41) is 0.409. The Morgan fingerprint density at radius 2 is 2.26 bits per heavy atom. The van der Waals surface area contributed by atoms with Crippen molar-refractivity contribution < 1.29 is 13.9 Å². The minimum Gasteiger partial charge on any atom is -0.465 e. The van der Waals surface area contributed by atoms with E-state index in [9.17, 15) is 4.79 Å². The van der Waals surface area contributed by atoms with Gasteiger partial charge in [0.15, 0.2) is 5.76 Å². The molecule has 0 bridgehead atoms. The first-order valence-electron chi connectivity index (χ1n) is 6.17. The zero-order chi connectivity index (χ0) is 13.6. The van der Waals surface area contributed by atoms with Gasteiger partial charge in [-0.15, -0.1) is 0 Å². The van der Waals surface area contributed by atoms with Crippen LogP contribution in [0.1, 0.15) is 34.9 Å². The Hall–Kier alpha value is -1.68. The maximum absolute atomic E-state index is 11.9. The molecule has 0 unspecified atom stereocenters. The number of carbonyl (C=O) groups is 1. The lowest BCUT2D eigenvalue weighted by Crippen LogP contribution is -2.05. The van der Waals surface area contributed by atoms with Gasteiger partial charge in [0.2, 0.25) is 0 Å². The van der Waals surface area contributed by atoms with Gasteiger partial charge in [-0.25, -0.2) is 4.79 Å². The highest BCUT2D eigenvalue weighted by atomic mass is 35.5. The third-order valence-electron chi connectivity index (χ3n) is 3.45. The summed E-state index contributed by atoms with van der Waals surface area (Å²) in [6.45, 7) is 1.89. The summed E-state index contributed by atoms with van der Waals surface area (Å²) >= 11 is 6.39. The van der Waals surface area contributed by atoms with Gasteiger partial charge in [-0.2, -0.15) is 0 Å². The van der Waals surface area contributed by atoms with E-state index in [0.717, 1.165) is 24.2 Å². The van der Waals surface area contributed by atoms with Crippen LogP contribution in [0.5, 0.6) is 0 Å². The van der Waals surface area contributed by atoms with E-state index >= 15 is 0 Å². The van der Waals surface area contributed by atoms with Crippen molar-refractivity contribution in [3.05, 3.63) is 34.7 Å². The number of carbonyl (C=O) groups excluding carboxylic acids is 1. The molecule has 2 aromatic heterocycles. The van der Waals surface area contributed by atoms with Gasteiger partial charge in [0.25, 0.3) is 0 Å². The lowest BCUT2D eigenvalue weighted by molar-refractivity contribution is 0.0600. The normalized spacial score (nSPS) is 14.7. The molecular weight excluding hydrogens is 266 g/mol. The van der Waals surface area contributed by atoms with Crippen LogP contribution in [0, 0.1) is 6.92 Å². The molecule has 0 radical (unpaired) electrons. The number of rotatable bonds is 3. The van der Waals surface area contributed by atoms with Gasteiger partial charge in [0.1, 0.15) is 5.69 Å². The van der Waals surface area contributed by atoms with Gasteiger partial charge in [-0.1, -0.05) is 11.6 Å². The first kappa shape index (κ1) is 12.4. The van der Waals surface area contributed by atoms with Crippen LogP contribution in [0.25, 0.3) is 11.5 Å². The number of furan rings is 1. The summed E-state index contributed by atoms with van der Waals surface area (Å²) in [4.78, 5) is 11.9. The van der Waals surface area contributed by atoms with Gasteiger partial charge in [-0.05, 0) is 31.9 Å². The van der Waals surface area contributed by atoms with E-state index in [1.165, 1.54) is 7.11 Å². The molecule has 0 N–H and O–H groups in total. The minimum absolute atomic E-state index is 0.399. The zero-order valence-corrected chi connectivity index (χ0v) is 11.5. The van der Waals surface area contributed by atoms with Crippen LogP contribution >= 0.6 is 11.6 Å². The molecule has 0 spiro atoms. The number of halogens is 1. The summed E-state index contributed by atoms with van der Waals surface area (Å²) in [6.07, 6.45) is 3.80. The van der Waals surface area contributed by atoms with E-state index in [4.69, 9.17) is 20.8 Å². The van der Waals surface area contributed by atoms with Crippen LogP contribution in [0.2, 0.25) is 5.02 Å². The molecule has 19 heavy (non-hydrogen) atoms. The Kier molecular flexibility index (Phi) is 2.90. The minimum atomic E-state index is -0.408. The van der Waals surface area contributed by atoms with E-state index in [1.54, 1.807) is 6.26 Å². The van der Waals surface area contributed by atoms with Crippen molar-refractivity contribution in [3.8, 4) is 11.5 Å². The summed E-state index contributed by atoms with van der Waals surface area (Å²) in [5.74, 6) is 0.268. The summed E-state index contributed by atoms with van der Waals surface area (Å²) < 4.78 is 12.4. The number of methoxy groups -OCH3 is 1. The quantitative estimate of drug-likeness (QED) is 0.802. The molecule has 1 saturated carbocycles. The van der Waals surface area contributed by atoms with Crippen LogP contribution in [0.4, 0.5) is 0 Å². The van der Waals surface area contributed by atoms with Crippen molar-refractivity contribution >= 4 is 17.6 Å². The fraction of sp³-hybridized carbons (Fsp3) is 0.357. The van der Waals surface area contributed by atoms with Crippen molar-refractivity contribution in [2.45, 2.75) is 25.8 Å². The predicted molar refractivity (Wildman–Crippen MR) is 71.5 cm³/mol. The molecule has 1 aliphatic carbocycles. The molecule has 5 heteroatoms. The average molecular weight is 280 g/mol. The Bertz CT molecular complexity index is 624. The number of ether oxygens (including phenoxy) is 1. The molecule has 1 fully saturated rings. The number of nitrogens with zero attached hydrogens (tertiary/aromatic N) is 1. The molecule has 1 aliphatic rings. The Balaban J connectivity index is 2.25. The van der Waals surface area contributed by atoms with Gasteiger partial charge < -0.3 is 13.7 Å². The predicted octanol–water partition coefficient (Wildman–Crippen LogP) is 3.83. The Morgan fingerprint density at radius 3 is 2.79 bits per heavy atom. The van der Waals surface area contributed by atoms with Crippen LogP contribution in [-0.2, 0) is 4.74 Å². The van der Waals surface area contributed by atoms with Crippen LogP contribution in [0.3, 0.4) is 0 Å². The number of hydrogen-bond acceptors (Lipinski definition) is 3. The van der Waals surface area contributed by atoms with E-state index in [1.807, 2.05) is 19.1 Å². The molecule has 0 aliphatic heterocycles. The van der Waals surface area contributed by atoms with Crippen LogP contribution < -0.4 is 0 Å². The zero-order valence-electron chi connectivity index (χ0n) is 10.8. The maximum Gasteiger partial charge on any atom is 0.341 e. The number of aromatic nitrogens is 1. The molecule has 2 heterocycles. The summed E-state index contributed by atoms with van der Waals surface area (Å²) in [5.41, 5.74) is 2.04. The SMILES string of the molecule is COC(=O)c1c(Cl)c(-c2ccco2)n(C2CC2)c1C. The molecule has 2 aromatic rings. The van der Waals surface area contributed by atoms with Gasteiger partial charge >= 0.3 is 5.97 Å². The highest BCUT2D eigenvalue weighted by Gasteiger charge is 2.34. The topological polar surface area (TPSA) is 44.4 Å². The fourth-order valence-corrected chi connectivity index (χ4v) is 2.84. The van der Waals surface area contributed by atoms with E-state index in [0.29, 0.717) is 22.4 Å². The van der Waals surface area contributed by atoms with Gasteiger partial charge in [0, 0.05) is 11.7 Å². The first-order chi connectivity index (χ1) is 9.15. The summed E-state index contributed by atoms with van der Waals surface area (Å²) in [7, 11) is 1.36. The van der Waals surface area contributed by atoms with Crippen LogP contribution in [-0.4, -0.2) is 17.6 Å². The molecule has 0 aromatic carbocycles. The van der Waals surface area contributed by atoms with Crippen molar-refractivity contribution in [2.75, 3.05) is 7.11 Å². The monoisotopic (exact) mass is 279 g/mol. The molecular formula is C14H14ClNO3. The smallest absolute Gasteiger partial charge is 0.341 e. The molecule has 0 amide bonds. The fourth-order valence-electron chi connectivity index (χ4n) is 2.44. The second kappa shape index (κ2) is 4.46. The second-order valence-electron chi connectivity index (χ2n) is 4.69. The molecule has 0 saturated heterocycles. The standard InChI is InChI=1S/C14H14ClNO3/c1-8-11(14(17)18-2)12(15)13(10-4-3-7-19-10)16(8)9-5-6-9/h3-4,7,9H,5-6H2,1-2H3. The van der Waals surface area contributed by atoms with Gasteiger partial charge in [0.05, 0.1) is 24.0 Å². The van der Waals surface area contributed by atoms with Gasteiger partial charge in [-0.3, -0.25) is 0 Å². The Labute approximate surface area is 115 Å². The maximum atomic E-state index is 11.9. The average Bonchev–Trinajstić information content (AvgIpc) is 3.01. The lowest BCUT2D eigenvalue weighted by Gasteiger charge is -2.08. The van der Waals surface area contributed by atoms with Crippen LogP contribution in [0.15, 0.2) is 22.8 Å². The molecule has 100 valence electrons. The molecule has 3 rings (SSSR count). The van der Waals surface area contributed by atoms with E-state index < -0.39 is 5.97 Å². The second-order valence-corrected chi connectivity index (χ2v) is 5.07. The molecule has 0 atom stereocenters. The van der Waals surface area contributed by atoms with Crippen molar-refractivity contribution in [2.24, 2.45) is 0 Å². The van der Waals surface area contributed by atoms with Crippen molar-refractivity contribution in [1.82, 2.24) is 4.57 Å². The van der Waals surface area contributed by atoms with Crippen molar-refractivity contribution in [3.63, 3.8) is 0 Å². The highest BCUT2D eigenvalue weighted by Crippen LogP contribution is 2.45. The highest BCUT2D eigenvalue weighted by molar-refractivity contribution is 6.36. The largest absolute Gasteiger partial charge is 0.465 e. The number of esters is 1.